The van der Waals surface area contributed by atoms with Crippen molar-refractivity contribution >= 4 is 21.8 Å². The number of sulfonamides is 1. The fourth-order valence-electron chi connectivity index (χ4n) is 3.33. The van der Waals surface area contributed by atoms with E-state index in [1.807, 2.05) is 38.1 Å². The lowest BCUT2D eigenvalue weighted by Crippen LogP contribution is -2.51. The van der Waals surface area contributed by atoms with Gasteiger partial charge in [0.15, 0.2) is 0 Å². The van der Waals surface area contributed by atoms with Crippen LogP contribution in [0.15, 0.2) is 24.3 Å². The van der Waals surface area contributed by atoms with Crippen LogP contribution in [-0.4, -0.2) is 93.5 Å². The highest BCUT2D eigenvalue weighted by molar-refractivity contribution is 7.89. The molecular formula is C21H32N4O5S. The predicted molar refractivity (Wildman–Crippen MR) is 121 cm³/mol. The third-order valence-corrected chi connectivity index (χ3v) is 7.12. The normalized spacial score (nSPS) is 15.8. The van der Waals surface area contributed by atoms with Gasteiger partial charge >= 0.3 is 6.09 Å². The van der Waals surface area contributed by atoms with E-state index in [0.29, 0.717) is 32.7 Å². The smallest absolute Gasteiger partial charge is 0.405 e. The first-order valence-electron chi connectivity index (χ1n) is 10.4. The van der Waals surface area contributed by atoms with E-state index in [-0.39, 0.29) is 5.75 Å². The second kappa shape index (κ2) is 11.8. The van der Waals surface area contributed by atoms with E-state index < -0.39 is 22.2 Å². The molecule has 1 saturated heterocycles. The third-order valence-electron chi connectivity index (χ3n) is 5.22. The van der Waals surface area contributed by atoms with Crippen LogP contribution in [0.5, 0.6) is 5.75 Å². The molecule has 1 aromatic rings. The summed E-state index contributed by atoms with van der Waals surface area (Å²) in [6, 6.07) is 6.66. The Morgan fingerprint density at radius 3 is 2.32 bits per heavy atom. The van der Waals surface area contributed by atoms with Crippen molar-refractivity contribution in [2.45, 2.75) is 19.9 Å². The summed E-state index contributed by atoms with van der Waals surface area (Å²) in [7, 11) is -2.05. The second-order valence-electron chi connectivity index (χ2n) is 7.15. The first-order valence-corrected chi connectivity index (χ1v) is 12.0. The third kappa shape index (κ3) is 7.61. The highest BCUT2D eigenvalue weighted by Gasteiger charge is 2.29. The fourth-order valence-corrected chi connectivity index (χ4v) is 4.85. The molecule has 1 aromatic carbocycles. The van der Waals surface area contributed by atoms with Gasteiger partial charge in [-0.2, -0.15) is 4.31 Å². The molecular weight excluding hydrogens is 420 g/mol. The molecule has 1 heterocycles. The number of ether oxygens (including phenoxy) is 1. The van der Waals surface area contributed by atoms with Gasteiger partial charge in [0.25, 0.3) is 0 Å². The Balaban J connectivity index is 1.99. The van der Waals surface area contributed by atoms with Crippen molar-refractivity contribution < 1.29 is 23.1 Å². The molecule has 172 valence electrons. The van der Waals surface area contributed by atoms with Gasteiger partial charge in [0.1, 0.15) is 11.8 Å². The van der Waals surface area contributed by atoms with Gasteiger partial charge in [0, 0.05) is 31.9 Å². The van der Waals surface area contributed by atoms with Gasteiger partial charge in [-0.3, -0.25) is 4.90 Å². The van der Waals surface area contributed by atoms with E-state index >= 15 is 0 Å². The first kappa shape index (κ1) is 24.8. The average Bonchev–Trinajstić information content (AvgIpc) is 2.76. The van der Waals surface area contributed by atoms with Crippen molar-refractivity contribution in [1.29, 1.82) is 0 Å². The number of rotatable bonds is 9. The number of carboxylic acid groups (broad SMARTS) is 1. The fraction of sp³-hybridized carbons (Fsp3) is 0.571. The van der Waals surface area contributed by atoms with Gasteiger partial charge in [0.05, 0.1) is 19.4 Å². The molecule has 2 N–H and O–H groups in total. The molecule has 0 aromatic heterocycles. The van der Waals surface area contributed by atoms with E-state index in [1.165, 1.54) is 4.31 Å². The van der Waals surface area contributed by atoms with Gasteiger partial charge in [-0.05, 0) is 37.4 Å². The Morgan fingerprint density at radius 1 is 1.19 bits per heavy atom. The van der Waals surface area contributed by atoms with Gasteiger partial charge in [0.2, 0.25) is 10.0 Å². The minimum atomic E-state index is -3.66. The van der Waals surface area contributed by atoms with E-state index in [9.17, 15) is 13.2 Å². The van der Waals surface area contributed by atoms with Crippen molar-refractivity contribution in [3.05, 3.63) is 24.3 Å². The zero-order chi connectivity index (χ0) is 22.9. The number of anilines is 1. The molecule has 0 spiro atoms. The predicted octanol–water partition coefficient (Wildman–Crippen LogP) is 1.13. The summed E-state index contributed by atoms with van der Waals surface area (Å²) in [4.78, 5) is 15.3. The second-order valence-corrected chi connectivity index (χ2v) is 9.16. The number of hydrogen-bond acceptors (Lipinski definition) is 6. The maximum absolute atomic E-state index is 12.9. The number of amides is 1. The van der Waals surface area contributed by atoms with E-state index in [4.69, 9.17) is 9.84 Å². The molecule has 1 amide bonds. The van der Waals surface area contributed by atoms with Crippen molar-refractivity contribution in [2.24, 2.45) is 0 Å². The Hall–Kier alpha value is -2.48. The number of nitrogens with one attached hydrogen (secondary N) is 1. The highest BCUT2D eigenvalue weighted by atomic mass is 32.2. The van der Waals surface area contributed by atoms with Crippen LogP contribution in [0.4, 0.5) is 10.5 Å². The number of carbonyl (C=O) groups is 1. The highest BCUT2D eigenvalue weighted by Crippen LogP contribution is 2.21. The Bertz CT molecular complexity index is 867. The zero-order valence-electron chi connectivity index (χ0n) is 18.4. The average molecular weight is 453 g/mol. The van der Waals surface area contributed by atoms with Crippen LogP contribution in [0.25, 0.3) is 0 Å². The van der Waals surface area contributed by atoms with Crippen LogP contribution < -0.4 is 15.0 Å². The summed E-state index contributed by atoms with van der Waals surface area (Å²) >= 11 is 0. The lowest BCUT2D eigenvalue weighted by Gasteiger charge is -2.35. The summed E-state index contributed by atoms with van der Waals surface area (Å²) in [6.45, 7) is 7.89. The molecule has 0 radical (unpaired) electrons. The minimum absolute atomic E-state index is 0.334. The lowest BCUT2D eigenvalue weighted by molar-refractivity contribution is 0.193. The van der Waals surface area contributed by atoms with Crippen LogP contribution in [-0.2, 0) is 10.0 Å². The molecule has 31 heavy (non-hydrogen) atoms. The summed E-state index contributed by atoms with van der Waals surface area (Å²) < 4.78 is 32.4. The Kier molecular flexibility index (Phi) is 9.43. The summed E-state index contributed by atoms with van der Waals surface area (Å²) in [5, 5.41) is 11.3. The summed E-state index contributed by atoms with van der Waals surface area (Å²) in [6.07, 6.45) is -1.29. The summed E-state index contributed by atoms with van der Waals surface area (Å²) in [5.74, 6) is 6.07. The van der Waals surface area contributed by atoms with E-state index in [1.54, 1.807) is 7.11 Å². The van der Waals surface area contributed by atoms with Crippen molar-refractivity contribution in [3.8, 4) is 17.6 Å². The monoisotopic (exact) mass is 452 g/mol. The first-order chi connectivity index (χ1) is 14.8. The van der Waals surface area contributed by atoms with Gasteiger partial charge in [-0.25, -0.2) is 13.2 Å². The maximum Gasteiger partial charge on any atom is 0.405 e. The molecule has 1 atom stereocenters. The zero-order valence-corrected chi connectivity index (χ0v) is 19.2. The molecule has 0 saturated carbocycles. The number of benzene rings is 1. The van der Waals surface area contributed by atoms with Crippen LogP contribution in [0, 0.1) is 11.8 Å². The number of methoxy groups -OCH3 is 1. The van der Waals surface area contributed by atoms with Crippen molar-refractivity contribution in [1.82, 2.24) is 14.5 Å². The SMILES string of the molecule is CCN(CC)CC#CC(CS(=O)(=O)N1CCN(c2ccc(OC)cc2)CC1)NC(=O)O. The Morgan fingerprint density at radius 2 is 1.81 bits per heavy atom. The van der Waals surface area contributed by atoms with Crippen LogP contribution in [0.2, 0.25) is 0 Å². The molecule has 2 rings (SSSR count). The standard InChI is InChI=1S/C21H32N4O5S/c1-4-23(5-2)12-6-7-18(22-21(26)27)17-31(28,29)25-15-13-24(14-16-25)19-8-10-20(30-3)11-9-19/h8-11,18,22H,4-5,12-17H2,1-3H3,(H,26,27). The number of nitrogens with zero attached hydrogens (tertiary/aromatic N) is 3. The molecule has 1 aliphatic rings. The van der Waals surface area contributed by atoms with Gasteiger partial charge < -0.3 is 20.1 Å². The van der Waals surface area contributed by atoms with E-state index in [0.717, 1.165) is 24.5 Å². The molecule has 0 bridgehead atoms. The van der Waals surface area contributed by atoms with E-state index in [2.05, 4.69) is 27.0 Å². The van der Waals surface area contributed by atoms with Gasteiger partial charge in [-0.1, -0.05) is 25.7 Å². The molecule has 1 fully saturated rings. The van der Waals surface area contributed by atoms with Gasteiger partial charge in [-0.15, -0.1) is 0 Å². The topological polar surface area (TPSA) is 102 Å². The van der Waals surface area contributed by atoms with Crippen molar-refractivity contribution in [3.63, 3.8) is 0 Å². The molecule has 0 aliphatic carbocycles. The molecule has 10 heteroatoms. The molecule has 1 unspecified atom stereocenters. The molecule has 1 aliphatic heterocycles. The lowest BCUT2D eigenvalue weighted by atomic mass is 10.2. The maximum atomic E-state index is 12.9. The minimum Gasteiger partial charge on any atom is -0.497 e. The number of piperazine rings is 1. The summed E-state index contributed by atoms with van der Waals surface area (Å²) in [5.41, 5.74) is 1.01. The number of hydrogen-bond donors (Lipinski definition) is 2. The molecule has 9 nitrogen and oxygen atoms in total. The van der Waals surface area contributed by atoms with Crippen LogP contribution >= 0.6 is 0 Å². The van der Waals surface area contributed by atoms with Crippen LogP contribution in [0.1, 0.15) is 13.8 Å². The Labute approximate surface area is 185 Å². The van der Waals surface area contributed by atoms with Crippen LogP contribution in [0.3, 0.4) is 0 Å². The van der Waals surface area contributed by atoms with Crippen molar-refractivity contribution in [2.75, 3.05) is 63.6 Å². The quantitative estimate of drug-likeness (QED) is 0.542. The largest absolute Gasteiger partial charge is 0.497 e.